The number of H-pyrrole nitrogens is 1. The van der Waals surface area contributed by atoms with Gasteiger partial charge in [-0.15, -0.1) is 0 Å². The molecule has 5 aromatic heterocycles. The lowest BCUT2D eigenvalue weighted by atomic mass is 10.0. The molecule has 1 unspecified atom stereocenters. The molecule has 7 heterocycles. The third-order valence-electron chi connectivity index (χ3n) is 12.5. The molecule has 7 aromatic rings. The van der Waals surface area contributed by atoms with E-state index < -0.39 is 11.9 Å². The molecule has 10 rings (SSSR count). The number of carbonyl (C=O) groups excluding carboxylic acids is 3. The van der Waals surface area contributed by atoms with Crippen molar-refractivity contribution < 1.29 is 23.6 Å². The van der Waals surface area contributed by atoms with Crippen molar-refractivity contribution in [3.8, 4) is 16.9 Å². The van der Waals surface area contributed by atoms with Crippen molar-refractivity contribution in [2.24, 2.45) is 0 Å². The number of aromatic amines is 1. The van der Waals surface area contributed by atoms with Gasteiger partial charge in [0.15, 0.2) is 0 Å². The molecular formula is C46H51N13O5. The Hall–Kier alpha value is -7.08. The highest BCUT2D eigenvalue weighted by Gasteiger charge is 2.40. The summed E-state index contributed by atoms with van der Waals surface area (Å²) in [6.07, 6.45) is 8.39. The van der Waals surface area contributed by atoms with E-state index in [0.29, 0.717) is 67.1 Å². The lowest BCUT2D eigenvalue weighted by Crippen LogP contribution is -2.52. The number of hydrogen-bond acceptors (Lipinski definition) is 13. The number of benzene rings is 2. The molecule has 1 aliphatic carbocycles. The third-order valence-corrected chi connectivity index (χ3v) is 12.5. The predicted molar refractivity (Wildman–Crippen MR) is 239 cm³/mol. The minimum absolute atomic E-state index is 0.179. The van der Waals surface area contributed by atoms with Crippen molar-refractivity contribution in [3.05, 3.63) is 88.7 Å². The van der Waals surface area contributed by atoms with E-state index in [1.165, 1.54) is 12.8 Å². The molecular weight excluding hydrogens is 815 g/mol. The molecule has 2 fully saturated rings. The number of hydrogen-bond donors (Lipinski definition) is 5. The number of methoxy groups -OCH3 is 1. The van der Waals surface area contributed by atoms with E-state index in [4.69, 9.17) is 24.3 Å². The van der Waals surface area contributed by atoms with Crippen LogP contribution in [0, 0.1) is 13.8 Å². The van der Waals surface area contributed by atoms with Crippen molar-refractivity contribution >= 4 is 57.0 Å². The minimum Gasteiger partial charge on any atom is -0.496 e. The molecule has 0 radical (unpaired) electrons. The van der Waals surface area contributed by atoms with Crippen LogP contribution in [-0.4, -0.2) is 88.3 Å². The van der Waals surface area contributed by atoms with Gasteiger partial charge in [0.05, 0.1) is 48.0 Å². The first-order valence-electron chi connectivity index (χ1n) is 22.1. The van der Waals surface area contributed by atoms with Gasteiger partial charge in [-0.2, -0.15) is 5.10 Å². The van der Waals surface area contributed by atoms with Gasteiger partial charge in [0.25, 0.3) is 5.91 Å². The molecule has 2 aliphatic heterocycles. The van der Waals surface area contributed by atoms with E-state index in [-0.39, 0.29) is 18.2 Å². The molecule has 18 heteroatoms. The lowest BCUT2D eigenvalue weighted by molar-refractivity contribution is -0.136. The molecule has 1 saturated heterocycles. The summed E-state index contributed by atoms with van der Waals surface area (Å²) in [5, 5.41) is 23.9. The molecule has 330 valence electrons. The van der Waals surface area contributed by atoms with E-state index in [1.54, 1.807) is 18.1 Å². The molecule has 2 aromatic carbocycles. The van der Waals surface area contributed by atoms with Gasteiger partial charge in [0.1, 0.15) is 40.7 Å². The Morgan fingerprint density at radius 1 is 1.03 bits per heavy atom. The van der Waals surface area contributed by atoms with Gasteiger partial charge < -0.3 is 39.7 Å². The maximum atomic E-state index is 13.2. The van der Waals surface area contributed by atoms with Gasteiger partial charge >= 0.3 is 0 Å². The maximum absolute atomic E-state index is 13.2. The fraction of sp³-hybridized carbons (Fsp3) is 0.391. The summed E-state index contributed by atoms with van der Waals surface area (Å²) in [4.78, 5) is 57.3. The Labute approximate surface area is 368 Å². The molecule has 3 aliphatic rings. The summed E-state index contributed by atoms with van der Waals surface area (Å²) in [5.74, 6) is 3.26. The number of imide groups is 1. The molecule has 1 saturated carbocycles. The van der Waals surface area contributed by atoms with Crippen molar-refractivity contribution in [2.75, 3.05) is 30.8 Å². The van der Waals surface area contributed by atoms with Crippen molar-refractivity contribution in [1.29, 1.82) is 0 Å². The zero-order valence-electron chi connectivity index (χ0n) is 36.4. The molecule has 18 nitrogen and oxygen atoms in total. The van der Waals surface area contributed by atoms with Crippen LogP contribution in [0.1, 0.15) is 89.5 Å². The Balaban J connectivity index is 0.792. The second-order valence-corrected chi connectivity index (χ2v) is 16.8. The molecule has 0 spiro atoms. The standard InChI is InChI=1S/C46H51N13O5/c1-5-59-39(20-34(55-59)27-10-11-27)53-44-42-30-19-37(63-4)31(41-25(2)56-64-26(41)3)18-35(30)50-43(42)51-38(52-44)21-47-16-14-28-22-57(24-49-28)17-7-15-48-33-9-6-8-29-32(33)23-58(46(29)62)36-12-13-40(60)54-45(36)61/h6,8-9,18-20,22,24,27,36,47-48H,5,7,10-17,21,23H2,1-4H3,(H,54,60,61)(H2,50,51,52,53). The normalized spacial score (nSPS) is 16.3. The highest BCUT2D eigenvalue weighted by atomic mass is 16.5. The Morgan fingerprint density at radius 2 is 1.91 bits per heavy atom. The second-order valence-electron chi connectivity index (χ2n) is 16.8. The number of nitrogens with one attached hydrogen (secondary N) is 5. The number of anilines is 3. The Morgan fingerprint density at radius 3 is 2.69 bits per heavy atom. The number of rotatable bonds is 17. The average molecular weight is 866 g/mol. The van der Waals surface area contributed by atoms with Crippen molar-refractivity contribution in [3.63, 3.8) is 0 Å². The Kier molecular flexibility index (Phi) is 10.8. The summed E-state index contributed by atoms with van der Waals surface area (Å²) in [6.45, 7) is 9.55. The number of imidazole rings is 1. The van der Waals surface area contributed by atoms with Crippen molar-refractivity contribution in [2.45, 2.75) is 97.4 Å². The van der Waals surface area contributed by atoms with Crippen LogP contribution in [0.4, 0.5) is 17.3 Å². The van der Waals surface area contributed by atoms with Gasteiger partial charge in [-0.1, -0.05) is 11.2 Å². The van der Waals surface area contributed by atoms with Gasteiger partial charge in [0.2, 0.25) is 11.8 Å². The lowest BCUT2D eigenvalue weighted by Gasteiger charge is -2.29. The number of piperidine rings is 1. The quantitative estimate of drug-likeness (QED) is 0.0524. The zero-order chi connectivity index (χ0) is 44.1. The van der Waals surface area contributed by atoms with E-state index in [9.17, 15) is 14.4 Å². The first-order chi connectivity index (χ1) is 31.1. The number of carbonyl (C=O) groups is 3. The fourth-order valence-corrected chi connectivity index (χ4v) is 9.06. The van der Waals surface area contributed by atoms with E-state index >= 15 is 0 Å². The van der Waals surface area contributed by atoms with Crippen molar-refractivity contribution in [1.82, 2.24) is 55.0 Å². The monoisotopic (exact) mass is 865 g/mol. The summed E-state index contributed by atoms with van der Waals surface area (Å²) >= 11 is 0. The van der Waals surface area contributed by atoms with Crippen LogP contribution in [0.25, 0.3) is 33.1 Å². The van der Waals surface area contributed by atoms with Gasteiger partial charge in [-0.3, -0.25) is 19.7 Å². The van der Waals surface area contributed by atoms with E-state index in [0.717, 1.165) is 93.3 Å². The summed E-state index contributed by atoms with van der Waals surface area (Å²) in [5.41, 5.74) is 8.61. The highest BCUT2D eigenvalue weighted by Crippen LogP contribution is 2.43. The number of fused-ring (bicyclic) bond motifs is 4. The highest BCUT2D eigenvalue weighted by molar-refractivity contribution is 6.13. The van der Waals surface area contributed by atoms with Gasteiger partial charge in [-0.25, -0.2) is 19.6 Å². The number of aryl methyl sites for hydroxylation is 4. The van der Waals surface area contributed by atoms with Gasteiger partial charge in [0, 0.05) is 97.0 Å². The van der Waals surface area contributed by atoms with Crippen LogP contribution >= 0.6 is 0 Å². The molecule has 5 N–H and O–H groups in total. The maximum Gasteiger partial charge on any atom is 0.255 e. The first-order valence-corrected chi connectivity index (χ1v) is 22.1. The average Bonchev–Trinajstić information content (AvgIpc) is 3.54. The van der Waals surface area contributed by atoms with Crippen LogP contribution < -0.4 is 26.0 Å². The Bertz CT molecular complexity index is 2920. The predicted octanol–water partition coefficient (Wildman–Crippen LogP) is 6.02. The number of nitrogens with zero attached hydrogens (tertiary/aromatic N) is 8. The summed E-state index contributed by atoms with van der Waals surface area (Å²) < 4.78 is 15.5. The zero-order valence-corrected chi connectivity index (χ0v) is 36.4. The molecule has 0 bridgehead atoms. The SMILES string of the molecule is CCn1nc(C2CC2)cc1Nc1nc(CNCCc2cn(CCCNc3cccc4c3CN(C3CCC(=O)NC3=O)C4=O)cn2)nc2[nH]c3cc(-c4c(C)noc4C)c(OC)cc3c12. The molecule has 3 amide bonds. The van der Waals surface area contributed by atoms with Crippen LogP contribution in [0.5, 0.6) is 5.75 Å². The summed E-state index contributed by atoms with van der Waals surface area (Å²) in [6, 6.07) is 11.2. The van der Waals surface area contributed by atoms with Crippen LogP contribution in [-0.2, 0) is 42.2 Å². The number of amides is 3. The third kappa shape index (κ3) is 7.82. The van der Waals surface area contributed by atoms with Crippen LogP contribution in [0.3, 0.4) is 0 Å². The van der Waals surface area contributed by atoms with E-state index in [2.05, 4.69) is 66.2 Å². The fourth-order valence-electron chi connectivity index (χ4n) is 9.06. The number of aromatic nitrogens is 8. The van der Waals surface area contributed by atoms with Crippen LogP contribution in [0.2, 0.25) is 0 Å². The van der Waals surface area contributed by atoms with Gasteiger partial charge in [-0.05, 0) is 70.7 Å². The molecule has 64 heavy (non-hydrogen) atoms. The topological polar surface area (TPSA) is 215 Å². The number of ether oxygens (including phenoxy) is 1. The second kappa shape index (κ2) is 16.9. The molecule has 1 atom stereocenters. The first kappa shape index (κ1) is 41.0. The van der Waals surface area contributed by atoms with Crippen LogP contribution in [0.15, 0.2) is 53.4 Å². The smallest absolute Gasteiger partial charge is 0.255 e. The largest absolute Gasteiger partial charge is 0.496 e. The summed E-state index contributed by atoms with van der Waals surface area (Å²) in [7, 11) is 1.67. The minimum atomic E-state index is -0.641. The van der Waals surface area contributed by atoms with E-state index in [1.807, 2.05) is 43.1 Å².